The van der Waals surface area contributed by atoms with E-state index in [4.69, 9.17) is 10.5 Å². The van der Waals surface area contributed by atoms with Gasteiger partial charge in [-0.15, -0.1) is 24.8 Å². The van der Waals surface area contributed by atoms with Gasteiger partial charge in [-0.1, -0.05) is 0 Å². The number of aromatic nitrogens is 2. The second-order valence-electron chi connectivity index (χ2n) is 7.19. The third-order valence-electron chi connectivity index (χ3n) is 5.16. The molecule has 1 saturated carbocycles. The number of halogens is 2. The van der Waals surface area contributed by atoms with E-state index in [0.29, 0.717) is 24.8 Å². The van der Waals surface area contributed by atoms with E-state index in [-0.39, 0.29) is 36.8 Å². The van der Waals surface area contributed by atoms with Gasteiger partial charge in [-0.05, 0) is 25.7 Å². The molecule has 1 aliphatic carbocycles. The standard InChI is InChI=1S/C18H29N5O2.2ClH/c1-22(7-8-23-6-4-3-5-18(23)24)17-11-15(13-9-14(19)10-13)20-16(21-17)12-25-2;;/h11,13-14H,3-10,12,19H2,1-2H3;2*1H. The summed E-state index contributed by atoms with van der Waals surface area (Å²) in [5.74, 6) is 2.29. The molecule has 1 aliphatic heterocycles. The van der Waals surface area contributed by atoms with Crippen molar-refractivity contribution in [3.05, 3.63) is 17.6 Å². The van der Waals surface area contributed by atoms with Crippen molar-refractivity contribution in [2.45, 2.75) is 50.7 Å². The molecule has 9 heteroatoms. The van der Waals surface area contributed by atoms with Gasteiger partial charge in [0.05, 0.1) is 0 Å². The van der Waals surface area contributed by atoms with Crippen molar-refractivity contribution in [1.29, 1.82) is 0 Å². The topological polar surface area (TPSA) is 84.6 Å². The zero-order valence-corrected chi connectivity index (χ0v) is 17.7. The van der Waals surface area contributed by atoms with Crippen molar-refractivity contribution < 1.29 is 9.53 Å². The number of hydrogen-bond acceptors (Lipinski definition) is 6. The summed E-state index contributed by atoms with van der Waals surface area (Å²) in [6.07, 6.45) is 4.77. The molecular formula is C18H31Cl2N5O2. The maximum absolute atomic E-state index is 12.0. The highest BCUT2D eigenvalue weighted by atomic mass is 35.5. The van der Waals surface area contributed by atoms with Crippen molar-refractivity contribution in [1.82, 2.24) is 14.9 Å². The molecule has 0 bridgehead atoms. The zero-order chi connectivity index (χ0) is 17.8. The summed E-state index contributed by atoms with van der Waals surface area (Å²) in [6.45, 7) is 2.77. The third kappa shape index (κ3) is 6.17. The molecule has 154 valence electrons. The van der Waals surface area contributed by atoms with Gasteiger partial charge in [-0.25, -0.2) is 9.97 Å². The van der Waals surface area contributed by atoms with E-state index >= 15 is 0 Å². The Morgan fingerprint density at radius 3 is 2.67 bits per heavy atom. The predicted octanol–water partition coefficient (Wildman–Crippen LogP) is 2.12. The van der Waals surface area contributed by atoms with Crippen molar-refractivity contribution in [3.8, 4) is 0 Å². The Kier molecular flexibility index (Phi) is 9.73. The normalized spacial score (nSPS) is 21.7. The number of rotatable bonds is 7. The number of nitrogens with zero attached hydrogens (tertiary/aromatic N) is 4. The van der Waals surface area contributed by atoms with Gasteiger partial charge in [0.15, 0.2) is 5.82 Å². The Hall–Kier alpha value is -1.15. The summed E-state index contributed by atoms with van der Waals surface area (Å²) in [7, 11) is 3.67. The monoisotopic (exact) mass is 419 g/mol. The first-order valence-electron chi connectivity index (χ1n) is 9.18. The SMILES string of the molecule is COCc1nc(C2CC(N)C2)cc(N(C)CCN2CCCCC2=O)n1.Cl.Cl. The molecule has 1 saturated heterocycles. The van der Waals surface area contributed by atoms with E-state index in [2.05, 4.69) is 20.9 Å². The number of likely N-dealkylation sites (tertiary alicyclic amines) is 1. The molecule has 0 unspecified atom stereocenters. The number of amides is 1. The highest BCUT2D eigenvalue weighted by molar-refractivity contribution is 5.85. The number of piperidine rings is 1. The summed E-state index contributed by atoms with van der Waals surface area (Å²) < 4.78 is 5.22. The number of ether oxygens (including phenoxy) is 1. The Balaban J connectivity index is 0.00000182. The van der Waals surface area contributed by atoms with Gasteiger partial charge in [0.1, 0.15) is 12.4 Å². The number of nitrogens with two attached hydrogens (primary N) is 1. The van der Waals surface area contributed by atoms with Crippen LogP contribution in [0.2, 0.25) is 0 Å². The van der Waals surface area contributed by atoms with Gasteiger partial charge in [0.25, 0.3) is 0 Å². The first-order chi connectivity index (χ1) is 12.1. The van der Waals surface area contributed by atoms with E-state index in [1.165, 1.54) is 0 Å². The molecule has 0 spiro atoms. The Bertz CT molecular complexity index is 613. The van der Waals surface area contributed by atoms with Gasteiger partial charge < -0.3 is 20.3 Å². The number of hydrogen-bond donors (Lipinski definition) is 1. The van der Waals surface area contributed by atoms with Crippen LogP contribution in [0, 0.1) is 0 Å². The molecule has 1 amide bonds. The van der Waals surface area contributed by atoms with Gasteiger partial charge >= 0.3 is 0 Å². The molecule has 7 nitrogen and oxygen atoms in total. The first-order valence-corrected chi connectivity index (χ1v) is 9.18. The average Bonchev–Trinajstić information content (AvgIpc) is 2.58. The smallest absolute Gasteiger partial charge is 0.222 e. The van der Waals surface area contributed by atoms with Crippen LogP contribution in [-0.4, -0.2) is 60.6 Å². The maximum Gasteiger partial charge on any atom is 0.222 e. The third-order valence-corrected chi connectivity index (χ3v) is 5.16. The molecule has 2 fully saturated rings. The number of anilines is 1. The summed E-state index contributed by atoms with van der Waals surface area (Å²) in [4.78, 5) is 25.3. The summed E-state index contributed by atoms with van der Waals surface area (Å²) >= 11 is 0. The van der Waals surface area contributed by atoms with Crippen molar-refractivity contribution >= 4 is 36.5 Å². The van der Waals surface area contributed by atoms with Crippen molar-refractivity contribution in [2.75, 3.05) is 38.7 Å². The van der Waals surface area contributed by atoms with Gasteiger partial charge in [-0.3, -0.25) is 4.79 Å². The first kappa shape index (κ1) is 23.9. The van der Waals surface area contributed by atoms with Crippen LogP contribution < -0.4 is 10.6 Å². The molecule has 27 heavy (non-hydrogen) atoms. The van der Waals surface area contributed by atoms with Crippen LogP contribution in [0.3, 0.4) is 0 Å². The Morgan fingerprint density at radius 2 is 2.04 bits per heavy atom. The molecule has 1 aromatic rings. The highest BCUT2D eigenvalue weighted by Gasteiger charge is 2.29. The average molecular weight is 420 g/mol. The quantitative estimate of drug-likeness (QED) is 0.728. The number of carbonyl (C=O) groups excluding carboxylic acids is 1. The molecular weight excluding hydrogens is 389 g/mol. The van der Waals surface area contributed by atoms with Crippen LogP contribution in [0.5, 0.6) is 0 Å². The summed E-state index contributed by atoms with van der Waals surface area (Å²) in [5.41, 5.74) is 6.98. The predicted molar refractivity (Wildman–Crippen MR) is 111 cm³/mol. The number of likely N-dealkylation sites (N-methyl/N-ethyl adjacent to an activating group) is 1. The van der Waals surface area contributed by atoms with E-state index in [1.807, 2.05) is 11.9 Å². The fraction of sp³-hybridized carbons (Fsp3) is 0.722. The van der Waals surface area contributed by atoms with E-state index in [9.17, 15) is 4.79 Å². The van der Waals surface area contributed by atoms with Crippen LogP contribution in [0.4, 0.5) is 5.82 Å². The van der Waals surface area contributed by atoms with Crippen LogP contribution in [0.1, 0.15) is 49.5 Å². The lowest BCUT2D eigenvalue weighted by atomic mass is 9.78. The van der Waals surface area contributed by atoms with Crippen LogP contribution in [0.15, 0.2) is 6.07 Å². The Labute approximate surface area is 173 Å². The number of carbonyl (C=O) groups is 1. The minimum atomic E-state index is 0. The maximum atomic E-state index is 12.0. The Morgan fingerprint density at radius 1 is 1.30 bits per heavy atom. The molecule has 3 rings (SSSR count). The van der Waals surface area contributed by atoms with Gasteiger partial charge in [-0.2, -0.15) is 0 Å². The molecule has 2 N–H and O–H groups in total. The molecule has 0 radical (unpaired) electrons. The fourth-order valence-corrected chi connectivity index (χ4v) is 3.49. The van der Waals surface area contributed by atoms with Crippen LogP contribution in [-0.2, 0) is 16.1 Å². The zero-order valence-electron chi connectivity index (χ0n) is 16.1. The summed E-state index contributed by atoms with van der Waals surface area (Å²) in [6, 6.07) is 2.35. The molecule has 2 heterocycles. The minimum Gasteiger partial charge on any atom is -0.377 e. The lowest BCUT2D eigenvalue weighted by molar-refractivity contribution is -0.133. The molecule has 1 aromatic heterocycles. The molecule has 0 atom stereocenters. The molecule has 0 aromatic carbocycles. The second kappa shape index (κ2) is 11.0. The summed E-state index contributed by atoms with van der Waals surface area (Å²) in [5, 5.41) is 0. The lowest BCUT2D eigenvalue weighted by Crippen LogP contribution is -2.40. The molecule has 2 aliphatic rings. The highest BCUT2D eigenvalue weighted by Crippen LogP contribution is 2.35. The fourth-order valence-electron chi connectivity index (χ4n) is 3.49. The van der Waals surface area contributed by atoms with Crippen LogP contribution in [0.25, 0.3) is 0 Å². The van der Waals surface area contributed by atoms with E-state index in [0.717, 1.165) is 56.8 Å². The van der Waals surface area contributed by atoms with E-state index < -0.39 is 0 Å². The van der Waals surface area contributed by atoms with E-state index in [1.54, 1.807) is 7.11 Å². The largest absolute Gasteiger partial charge is 0.377 e. The lowest BCUT2D eigenvalue weighted by Gasteiger charge is -2.33. The minimum absolute atomic E-state index is 0. The number of methoxy groups -OCH3 is 1. The van der Waals surface area contributed by atoms with Crippen molar-refractivity contribution in [3.63, 3.8) is 0 Å². The van der Waals surface area contributed by atoms with Gasteiger partial charge in [0.2, 0.25) is 5.91 Å². The van der Waals surface area contributed by atoms with Crippen LogP contribution >= 0.6 is 24.8 Å². The van der Waals surface area contributed by atoms with Gasteiger partial charge in [0, 0.05) is 63.9 Å². The van der Waals surface area contributed by atoms with Crippen molar-refractivity contribution in [2.24, 2.45) is 5.73 Å². The second-order valence-corrected chi connectivity index (χ2v) is 7.19.